The first-order valence-electron chi connectivity index (χ1n) is 5.47. The van der Waals surface area contributed by atoms with E-state index < -0.39 is 0 Å². The summed E-state index contributed by atoms with van der Waals surface area (Å²) in [6, 6.07) is 6.04. The monoisotopic (exact) mass is 206 g/mol. The summed E-state index contributed by atoms with van der Waals surface area (Å²) in [5, 5.41) is 0. The highest BCUT2D eigenvalue weighted by atomic mass is 19.1. The topological polar surface area (TPSA) is 0 Å². The molecule has 0 radical (unpaired) electrons. The molecule has 0 aliphatic rings. The second-order valence-corrected chi connectivity index (χ2v) is 4.26. The van der Waals surface area contributed by atoms with Crippen molar-refractivity contribution in [2.75, 3.05) is 0 Å². The predicted molar refractivity (Wildman–Crippen MR) is 64.5 cm³/mol. The first-order chi connectivity index (χ1) is 7.17. The number of rotatable bonds is 4. The summed E-state index contributed by atoms with van der Waals surface area (Å²) < 4.78 is 12.8. The van der Waals surface area contributed by atoms with E-state index >= 15 is 0 Å². The lowest BCUT2D eigenvalue weighted by Crippen LogP contribution is -1.98. The summed E-state index contributed by atoms with van der Waals surface area (Å²) in [4.78, 5) is 0. The van der Waals surface area contributed by atoms with Gasteiger partial charge in [-0.25, -0.2) is 4.39 Å². The molecule has 0 fully saturated rings. The van der Waals surface area contributed by atoms with Gasteiger partial charge in [-0.15, -0.1) is 0 Å². The molecule has 0 unspecified atom stereocenters. The van der Waals surface area contributed by atoms with Crippen molar-refractivity contribution in [3.8, 4) is 0 Å². The van der Waals surface area contributed by atoms with Gasteiger partial charge in [0.25, 0.3) is 0 Å². The van der Waals surface area contributed by atoms with Crippen LogP contribution in [0.15, 0.2) is 24.3 Å². The van der Waals surface area contributed by atoms with Crippen LogP contribution in [0.3, 0.4) is 0 Å². The fourth-order valence-corrected chi connectivity index (χ4v) is 1.71. The summed E-state index contributed by atoms with van der Waals surface area (Å²) >= 11 is 0. The standard InChI is InChI=1S/C14H19F/c1-4-5-12-6-7-13(8-11(2)3)14(9-12)10-15/h4-7,9,11H,8,10H2,1-3H3. The van der Waals surface area contributed by atoms with Gasteiger partial charge in [-0.1, -0.05) is 38.1 Å². The Morgan fingerprint density at radius 3 is 2.53 bits per heavy atom. The maximum Gasteiger partial charge on any atom is 0.115 e. The van der Waals surface area contributed by atoms with Crippen molar-refractivity contribution in [1.82, 2.24) is 0 Å². The summed E-state index contributed by atoms with van der Waals surface area (Å²) in [6.07, 6.45) is 4.92. The molecule has 1 aromatic carbocycles. The molecule has 0 bridgehead atoms. The highest BCUT2D eigenvalue weighted by molar-refractivity contribution is 5.51. The molecule has 0 aliphatic heterocycles. The van der Waals surface area contributed by atoms with E-state index in [9.17, 15) is 4.39 Å². The van der Waals surface area contributed by atoms with Crippen LogP contribution >= 0.6 is 0 Å². The minimum atomic E-state index is -0.368. The van der Waals surface area contributed by atoms with Crippen molar-refractivity contribution in [2.24, 2.45) is 5.92 Å². The van der Waals surface area contributed by atoms with E-state index in [1.807, 2.05) is 31.2 Å². The molecule has 0 aromatic heterocycles. The molecule has 0 spiro atoms. The van der Waals surface area contributed by atoms with E-state index in [0.29, 0.717) is 5.92 Å². The van der Waals surface area contributed by atoms with Gasteiger partial charge in [0.2, 0.25) is 0 Å². The van der Waals surface area contributed by atoms with E-state index in [2.05, 4.69) is 19.9 Å². The fourth-order valence-electron chi connectivity index (χ4n) is 1.71. The zero-order valence-electron chi connectivity index (χ0n) is 9.76. The molecule has 0 saturated carbocycles. The van der Waals surface area contributed by atoms with E-state index in [1.54, 1.807) is 0 Å². The van der Waals surface area contributed by atoms with Gasteiger partial charge >= 0.3 is 0 Å². The molecule has 1 rings (SSSR count). The van der Waals surface area contributed by atoms with Crippen molar-refractivity contribution >= 4 is 6.08 Å². The summed E-state index contributed by atoms with van der Waals surface area (Å²) in [7, 11) is 0. The molecule has 0 aliphatic carbocycles. The Morgan fingerprint density at radius 2 is 2.00 bits per heavy atom. The highest BCUT2D eigenvalue weighted by Gasteiger charge is 2.04. The van der Waals surface area contributed by atoms with Crippen LogP contribution in [0.5, 0.6) is 0 Å². The number of benzene rings is 1. The molecule has 0 atom stereocenters. The SMILES string of the molecule is CC=Cc1ccc(CC(C)C)c(CF)c1. The summed E-state index contributed by atoms with van der Waals surface area (Å²) in [5.74, 6) is 0.572. The van der Waals surface area contributed by atoms with Gasteiger partial charge in [-0.05, 0) is 42.0 Å². The Balaban J connectivity index is 2.98. The average Bonchev–Trinajstić information content (AvgIpc) is 2.20. The lowest BCUT2D eigenvalue weighted by atomic mass is 9.96. The molecule has 0 heterocycles. The molecular formula is C14H19F. The third kappa shape index (κ3) is 3.50. The minimum absolute atomic E-state index is 0.368. The van der Waals surface area contributed by atoms with E-state index in [1.165, 1.54) is 0 Å². The first kappa shape index (κ1) is 12.0. The molecule has 0 amide bonds. The Kier molecular flexibility index (Phi) is 4.54. The number of allylic oxidation sites excluding steroid dienone is 1. The smallest absolute Gasteiger partial charge is 0.115 e. The number of hydrogen-bond acceptors (Lipinski definition) is 0. The third-order valence-corrected chi connectivity index (χ3v) is 2.36. The van der Waals surface area contributed by atoms with Gasteiger partial charge in [0.05, 0.1) is 0 Å². The van der Waals surface area contributed by atoms with Crippen molar-refractivity contribution in [3.05, 3.63) is 41.0 Å². The maximum atomic E-state index is 12.8. The third-order valence-electron chi connectivity index (χ3n) is 2.36. The molecule has 0 N–H and O–H groups in total. The van der Waals surface area contributed by atoms with E-state index in [-0.39, 0.29) is 6.67 Å². The second-order valence-electron chi connectivity index (χ2n) is 4.26. The number of halogens is 1. The van der Waals surface area contributed by atoms with Gasteiger partial charge < -0.3 is 0 Å². The normalized spacial score (nSPS) is 11.5. The predicted octanol–water partition coefficient (Wildman–Crippen LogP) is 4.39. The van der Waals surface area contributed by atoms with Gasteiger partial charge in [0, 0.05) is 0 Å². The van der Waals surface area contributed by atoms with Crippen LogP contribution in [0.1, 0.15) is 37.5 Å². The van der Waals surface area contributed by atoms with Crippen LogP contribution in [0.4, 0.5) is 4.39 Å². The van der Waals surface area contributed by atoms with Crippen LogP contribution in [0, 0.1) is 5.92 Å². The zero-order valence-corrected chi connectivity index (χ0v) is 9.76. The van der Waals surface area contributed by atoms with E-state index in [4.69, 9.17) is 0 Å². The molecule has 0 saturated heterocycles. The number of hydrogen-bond donors (Lipinski definition) is 0. The van der Waals surface area contributed by atoms with Crippen LogP contribution in [-0.2, 0) is 13.1 Å². The Bertz CT molecular complexity index is 337. The molecule has 82 valence electrons. The maximum absolute atomic E-state index is 12.8. The summed E-state index contributed by atoms with van der Waals surface area (Å²) in [5.41, 5.74) is 3.05. The van der Waals surface area contributed by atoms with Gasteiger partial charge in [0.15, 0.2) is 0 Å². The molecule has 0 nitrogen and oxygen atoms in total. The highest BCUT2D eigenvalue weighted by Crippen LogP contribution is 2.18. The van der Waals surface area contributed by atoms with Crippen molar-refractivity contribution in [2.45, 2.75) is 33.9 Å². The Hall–Kier alpha value is -1.11. The Labute approximate surface area is 91.8 Å². The minimum Gasteiger partial charge on any atom is -0.246 e. The lowest BCUT2D eigenvalue weighted by molar-refractivity contribution is 0.479. The molecule has 1 heteroatoms. The van der Waals surface area contributed by atoms with Crippen LogP contribution in [0.2, 0.25) is 0 Å². The summed E-state index contributed by atoms with van der Waals surface area (Å²) in [6.45, 7) is 5.91. The largest absolute Gasteiger partial charge is 0.246 e. The van der Waals surface area contributed by atoms with Crippen LogP contribution in [0.25, 0.3) is 6.08 Å². The molecule has 15 heavy (non-hydrogen) atoms. The number of alkyl halides is 1. The van der Waals surface area contributed by atoms with Gasteiger partial charge in [-0.2, -0.15) is 0 Å². The first-order valence-corrected chi connectivity index (χ1v) is 5.47. The van der Waals surface area contributed by atoms with Crippen molar-refractivity contribution in [3.63, 3.8) is 0 Å². The average molecular weight is 206 g/mol. The zero-order chi connectivity index (χ0) is 11.3. The molecule has 1 aromatic rings. The quantitative estimate of drug-likeness (QED) is 0.685. The fraction of sp³-hybridized carbons (Fsp3) is 0.429. The van der Waals surface area contributed by atoms with Crippen LogP contribution < -0.4 is 0 Å². The van der Waals surface area contributed by atoms with Gasteiger partial charge in [0.1, 0.15) is 6.67 Å². The van der Waals surface area contributed by atoms with Crippen molar-refractivity contribution < 1.29 is 4.39 Å². The van der Waals surface area contributed by atoms with Crippen LogP contribution in [-0.4, -0.2) is 0 Å². The van der Waals surface area contributed by atoms with Crippen molar-refractivity contribution in [1.29, 1.82) is 0 Å². The lowest BCUT2D eigenvalue weighted by Gasteiger charge is -2.10. The Morgan fingerprint density at radius 1 is 1.27 bits per heavy atom. The van der Waals surface area contributed by atoms with Gasteiger partial charge in [-0.3, -0.25) is 0 Å². The second kappa shape index (κ2) is 5.69. The molecular weight excluding hydrogens is 187 g/mol. The van der Waals surface area contributed by atoms with E-state index in [0.717, 1.165) is 23.1 Å².